The van der Waals surface area contributed by atoms with E-state index in [0.717, 1.165) is 18.4 Å². The highest BCUT2D eigenvalue weighted by Crippen LogP contribution is 2.31. The molecule has 0 spiro atoms. The van der Waals surface area contributed by atoms with Gasteiger partial charge >= 0.3 is 6.18 Å². The maximum Gasteiger partial charge on any atom is 0.416 e. The van der Waals surface area contributed by atoms with E-state index in [4.69, 9.17) is 0 Å². The fraction of sp³-hybridized carbons (Fsp3) is 0.571. The Morgan fingerprint density at radius 1 is 1.09 bits per heavy atom. The first-order valence-electron chi connectivity index (χ1n) is 6.79. The summed E-state index contributed by atoms with van der Waals surface area (Å²) in [5, 5.41) is 3.14. The minimum absolute atomic E-state index is 0.282. The maximum absolute atomic E-state index is 12.7. The van der Waals surface area contributed by atoms with Gasteiger partial charge in [-0.2, -0.15) is 13.2 Å². The van der Waals surface area contributed by atoms with Gasteiger partial charge in [-0.25, -0.2) is 13.1 Å². The number of hydrogen-bond acceptors (Lipinski definition) is 3. The molecule has 0 aliphatic rings. The first kappa shape index (κ1) is 18.9. The van der Waals surface area contributed by atoms with Crippen molar-refractivity contribution >= 4 is 10.0 Å². The lowest BCUT2D eigenvalue weighted by Gasteiger charge is -2.28. The number of sulfonamides is 1. The molecule has 1 aromatic carbocycles. The van der Waals surface area contributed by atoms with E-state index in [1.54, 1.807) is 19.9 Å². The average Bonchev–Trinajstić information content (AvgIpc) is 2.36. The maximum atomic E-state index is 12.7. The van der Waals surface area contributed by atoms with Gasteiger partial charge in [-0.05, 0) is 44.5 Å². The topological polar surface area (TPSA) is 58.2 Å². The molecule has 4 nitrogen and oxygen atoms in total. The van der Waals surface area contributed by atoms with Gasteiger partial charge in [-0.3, -0.25) is 0 Å². The Kier molecular flexibility index (Phi) is 6.00. The third kappa shape index (κ3) is 6.33. The lowest BCUT2D eigenvalue weighted by molar-refractivity contribution is -0.137. The summed E-state index contributed by atoms with van der Waals surface area (Å²) in [7, 11) is -3.22. The van der Waals surface area contributed by atoms with Crippen LogP contribution in [0.25, 0.3) is 0 Å². The van der Waals surface area contributed by atoms with Crippen molar-refractivity contribution in [2.75, 3.05) is 19.3 Å². The molecule has 0 saturated carbocycles. The second kappa shape index (κ2) is 6.97. The van der Waals surface area contributed by atoms with Gasteiger partial charge < -0.3 is 5.32 Å². The predicted octanol–water partition coefficient (Wildman–Crippen LogP) is 2.47. The zero-order valence-corrected chi connectivity index (χ0v) is 13.6. The van der Waals surface area contributed by atoms with Gasteiger partial charge in [-0.15, -0.1) is 0 Å². The number of rotatable bonds is 7. The fourth-order valence-corrected chi connectivity index (χ4v) is 2.45. The third-order valence-electron chi connectivity index (χ3n) is 3.20. The Balaban J connectivity index is 2.63. The summed E-state index contributed by atoms with van der Waals surface area (Å²) in [6, 6.07) is 5.18. The third-order valence-corrected chi connectivity index (χ3v) is 3.92. The number of alkyl halides is 3. The van der Waals surface area contributed by atoms with E-state index in [2.05, 4.69) is 10.0 Å². The van der Waals surface area contributed by atoms with Crippen LogP contribution in [0.5, 0.6) is 0 Å². The van der Waals surface area contributed by atoms with E-state index in [-0.39, 0.29) is 6.54 Å². The molecule has 0 aliphatic heterocycles. The molecule has 8 heteroatoms. The largest absolute Gasteiger partial charge is 0.416 e. The monoisotopic (exact) mass is 338 g/mol. The van der Waals surface area contributed by atoms with E-state index in [1.807, 2.05) is 0 Å². The minimum Gasteiger partial charge on any atom is -0.308 e. The van der Waals surface area contributed by atoms with E-state index in [0.29, 0.717) is 18.5 Å². The SMILES string of the molecule is CC(C)(NCCCNS(C)(=O)=O)c1cccc(C(F)(F)F)c1. The van der Waals surface area contributed by atoms with E-state index in [1.165, 1.54) is 6.07 Å². The molecule has 0 atom stereocenters. The van der Waals surface area contributed by atoms with Gasteiger partial charge in [0.1, 0.15) is 0 Å². The quantitative estimate of drug-likeness (QED) is 0.751. The first-order valence-corrected chi connectivity index (χ1v) is 8.68. The van der Waals surface area contributed by atoms with Crippen molar-refractivity contribution < 1.29 is 21.6 Å². The molecule has 2 N–H and O–H groups in total. The molecule has 0 bridgehead atoms. The van der Waals surface area contributed by atoms with Crippen molar-refractivity contribution in [3.63, 3.8) is 0 Å². The summed E-state index contributed by atoms with van der Waals surface area (Å²) in [4.78, 5) is 0. The summed E-state index contributed by atoms with van der Waals surface area (Å²) in [6.07, 6.45) is -2.76. The number of benzene rings is 1. The Morgan fingerprint density at radius 3 is 2.23 bits per heavy atom. The number of nitrogens with one attached hydrogen (secondary N) is 2. The van der Waals surface area contributed by atoms with Crippen molar-refractivity contribution in [1.29, 1.82) is 0 Å². The molecule has 0 heterocycles. The molecule has 1 rings (SSSR count). The molecule has 0 amide bonds. The highest BCUT2D eigenvalue weighted by molar-refractivity contribution is 7.88. The minimum atomic E-state index is -4.37. The summed E-state index contributed by atoms with van der Waals surface area (Å²) in [6.45, 7) is 4.33. The van der Waals surface area contributed by atoms with E-state index in [9.17, 15) is 21.6 Å². The van der Waals surface area contributed by atoms with Gasteiger partial charge in [0.2, 0.25) is 10.0 Å². The van der Waals surface area contributed by atoms with Crippen molar-refractivity contribution in [3.05, 3.63) is 35.4 Å². The van der Waals surface area contributed by atoms with Crippen LogP contribution in [0.15, 0.2) is 24.3 Å². The Labute approximate surface area is 129 Å². The van der Waals surface area contributed by atoms with Crippen LogP contribution in [-0.2, 0) is 21.7 Å². The fourth-order valence-electron chi connectivity index (χ4n) is 1.93. The van der Waals surface area contributed by atoms with Crippen LogP contribution in [0.3, 0.4) is 0 Å². The average molecular weight is 338 g/mol. The molecule has 0 saturated heterocycles. The number of hydrogen-bond donors (Lipinski definition) is 2. The lowest BCUT2D eigenvalue weighted by atomic mass is 9.92. The molecule has 0 unspecified atom stereocenters. The van der Waals surface area contributed by atoms with Gasteiger partial charge in [0.05, 0.1) is 11.8 Å². The van der Waals surface area contributed by atoms with E-state index < -0.39 is 27.3 Å². The highest BCUT2D eigenvalue weighted by Gasteiger charge is 2.32. The second-order valence-electron chi connectivity index (χ2n) is 5.65. The van der Waals surface area contributed by atoms with Crippen molar-refractivity contribution in [1.82, 2.24) is 10.0 Å². The van der Waals surface area contributed by atoms with Gasteiger partial charge in [0.15, 0.2) is 0 Å². The molecule has 126 valence electrons. The van der Waals surface area contributed by atoms with Crippen molar-refractivity contribution in [2.24, 2.45) is 0 Å². The Hall–Kier alpha value is -1.12. The molecule has 1 aromatic rings. The molecular formula is C14H21F3N2O2S. The highest BCUT2D eigenvalue weighted by atomic mass is 32.2. The summed E-state index contributed by atoms with van der Waals surface area (Å²) >= 11 is 0. The van der Waals surface area contributed by atoms with Crippen LogP contribution in [0.1, 0.15) is 31.4 Å². The van der Waals surface area contributed by atoms with Gasteiger partial charge in [0, 0.05) is 12.1 Å². The van der Waals surface area contributed by atoms with Gasteiger partial charge in [0.25, 0.3) is 0 Å². The Morgan fingerprint density at radius 2 is 1.68 bits per heavy atom. The van der Waals surface area contributed by atoms with Crippen LogP contribution < -0.4 is 10.0 Å². The lowest BCUT2D eigenvalue weighted by Crippen LogP contribution is -2.38. The molecule has 0 aliphatic carbocycles. The van der Waals surface area contributed by atoms with Crippen LogP contribution in [0.2, 0.25) is 0 Å². The number of halogens is 3. The van der Waals surface area contributed by atoms with Crippen LogP contribution >= 0.6 is 0 Å². The van der Waals surface area contributed by atoms with Crippen LogP contribution in [-0.4, -0.2) is 27.8 Å². The molecular weight excluding hydrogens is 317 g/mol. The zero-order valence-electron chi connectivity index (χ0n) is 12.8. The standard InChI is InChI=1S/C14H21F3N2O2S/c1-13(2,18-8-5-9-19-22(3,20)21)11-6-4-7-12(10-11)14(15,16)17/h4,6-7,10,18-19H,5,8-9H2,1-3H3. The Bertz CT molecular complexity index is 598. The summed E-state index contributed by atoms with van der Waals surface area (Å²) in [5.41, 5.74) is -0.802. The predicted molar refractivity (Wildman–Crippen MR) is 79.9 cm³/mol. The van der Waals surface area contributed by atoms with Crippen LogP contribution in [0, 0.1) is 0 Å². The smallest absolute Gasteiger partial charge is 0.308 e. The molecule has 0 radical (unpaired) electrons. The van der Waals surface area contributed by atoms with Crippen molar-refractivity contribution in [3.8, 4) is 0 Å². The molecule has 0 aromatic heterocycles. The van der Waals surface area contributed by atoms with Crippen LogP contribution in [0.4, 0.5) is 13.2 Å². The summed E-state index contributed by atoms with van der Waals surface area (Å²) < 4.78 is 62.4. The summed E-state index contributed by atoms with van der Waals surface area (Å²) in [5.74, 6) is 0. The zero-order chi connectivity index (χ0) is 17.0. The second-order valence-corrected chi connectivity index (χ2v) is 7.48. The first-order chi connectivity index (χ1) is 9.92. The van der Waals surface area contributed by atoms with Crippen molar-refractivity contribution in [2.45, 2.75) is 32.0 Å². The molecule has 0 fully saturated rings. The normalized spacial score (nSPS) is 13.4. The van der Waals surface area contributed by atoms with E-state index >= 15 is 0 Å². The molecule has 22 heavy (non-hydrogen) atoms. The van der Waals surface area contributed by atoms with Gasteiger partial charge in [-0.1, -0.05) is 12.1 Å².